The standard InChI is InChI=1S/C17H26N2O4/c1-4-23-15-8-7-13(10-14(15)19(21)22)12(2)18-16-6-5-9-17(16,3)11-20/h7-8,10,12,16,18,20H,4-6,9,11H2,1-3H3. The Hall–Kier alpha value is -1.66. The first-order valence-electron chi connectivity index (χ1n) is 8.19. The molecule has 1 aliphatic rings. The van der Waals surface area contributed by atoms with Crippen LogP contribution in [0, 0.1) is 15.5 Å². The van der Waals surface area contributed by atoms with E-state index in [1.165, 1.54) is 0 Å². The lowest BCUT2D eigenvalue weighted by atomic mass is 9.85. The second kappa shape index (κ2) is 7.27. The SMILES string of the molecule is CCOc1ccc(C(C)NC2CCCC2(C)CO)cc1[N+](=O)[O-]. The van der Waals surface area contributed by atoms with Crippen LogP contribution in [0.3, 0.4) is 0 Å². The zero-order valence-corrected chi connectivity index (χ0v) is 14.0. The fraction of sp³-hybridized carbons (Fsp3) is 0.647. The highest BCUT2D eigenvalue weighted by molar-refractivity contribution is 5.49. The molecule has 23 heavy (non-hydrogen) atoms. The van der Waals surface area contributed by atoms with Crippen LogP contribution in [-0.2, 0) is 0 Å². The summed E-state index contributed by atoms with van der Waals surface area (Å²) in [4.78, 5) is 10.8. The zero-order chi connectivity index (χ0) is 17.0. The van der Waals surface area contributed by atoms with Crippen LogP contribution in [0.2, 0.25) is 0 Å². The number of nitro groups is 1. The molecule has 0 spiro atoms. The number of nitrogens with zero attached hydrogens (tertiary/aromatic N) is 1. The molecule has 1 fully saturated rings. The van der Waals surface area contributed by atoms with Gasteiger partial charge in [0.05, 0.1) is 11.5 Å². The van der Waals surface area contributed by atoms with Crippen LogP contribution in [0.4, 0.5) is 5.69 Å². The maximum Gasteiger partial charge on any atom is 0.311 e. The van der Waals surface area contributed by atoms with E-state index in [1.54, 1.807) is 19.1 Å². The van der Waals surface area contributed by atoms with Gasteiger partial charge in [0.25, 0.3) is 0 Å². The van der Waals surface area contributed by atoms with E-state index in [1.807, 2.05) is 13.0 Å². The number of aliphatic hydroxyl groups excluding tert-OH is 1. The highest BCUT2D eigenvalue weighted by atomic mass is 16.6. The lowest BCUT2D eigenvalue weighted by Crippen LogP contribution is -2.42. The molecule has 0 aromatic heterocycles. The topological polar surface area (TPSA) is 84.6 Å². The third kappa shape index (κ3) is 3.82. The molecule has 6 heteroatoms. The van der Waals surface area contributed by atoms with Crippen molar-refractivity contribution in [2.24, 2.45) is 5.41 Å². The van der Waals surface area contributed by atoms with Gasteiger partial charge in [0.2, 0.25) is 0 Å². The smallest absolute Gasteiger partial charge is 0.311 e. The maximum atomic E-state index is 11.2. The summed E-state index contributed by atoms with van der Waals surface area (Å²) >= 11 is 0. The van der Waals surface area contributed by atoms with Crippen LogP contribution in [0.15, 0.2) is 18.2 Å². The van der Waals surface area contributed by atoms with Gasteiger partial charge in [-0.2, -0.15) is 0 Å². The Balaban J connectivity index is 2.17. The van der Waals surface area contributed by atoms with Gasteiger partial charge in [0.15, 0.2) is 5.75 Å². The lowest BCUT2D eigenvalue weighted by Gasteiger charge is -2.32. The lowest BCUT2D eigenvalue weighted by molar-refractivity contribution is -0.385. The number of aliphatic hydroxyl groups is 1. The first kappa shape index (κ1) is 17.7. The van der Waals surface area contributed by atoms with Crippen molar-refractivity contribution in [2.75, 3.05) is 13.2 Å². The highest BCUT2D eigenvalue weighted by Gasteiger charge is 2.38. The summed E-state index contributed by atoms with van der Waals surface area (Å²) in [5.74, 6) is 0.300. The molecular weight excluding hydrogens is 296 g/mol. The van der Waals surface area contributed by atoms with Gasteiger partial charge >= 0.3 is 5.69 Å². The van der Waals surface area contributed by atoms with E-state index in [0.29, 0.717) is 12.4 Å². The minimum Gasteiger partial charge on any atom is -0.487 e. The van der Waals surface area contributed by atoms with Crippen LogP contribution in [0.1, 0.15) is 51.6 Å². The minimum absolute atomic E-state index is 0.00524. The van der Waals surface area contributed by atoms with E-state index in [4.69, 9.17) is 4.74 Å². The van der Waals surface area contributed by atoms with Crippen molar-refractivity contribution in [2.45, 2.75) is 52.1 Å². The van der Waals surface area contributed by atoms with Crippen molar-refractivity contribution in [1.29, 1.82) is 0 Å². The van der Waals surface area contributed by atoms with Gasteiger partial charge in [-0.1, -0.05) is 19.4 Å². The summed E-state index contributed by atoms with van der Waals surface area (Å²) in [5.41, 5.74) is 0.729. The summed E-state index contributed by atoms with van der Waals surface area (Å²) in [6, 6.07) is 5.29. The van der Waals surface area contributed by atoms with Crippen LogP contribution < -0.4 is 10.1 Å². The van der Waals surface area contributed by atoms with Gasteiger partial charge in [-0.3, -0.25) is 10.1 Å². The van der Waals surface area contributed by atoms with Crippen molar-refractivity contribution < 1.29 is 14.8 Å². The normalized spacial score (nSPS) is 25.3. The molecule has 0 saturated heterocycles. The van der Waals surface area contributed by atoms with Gasteiger partial charge in [-0.15, -0.1) is 0 Å². The molecule has 2 N–H and O–H groups in total. The monoisotopic (exact) mass is 322 g/mol. The molecule has 1 aromatic rings. The van der Waals surface area contributed by atoms with Crippen LogP contribution in [0.5, 0.6) is 5.75 Å². The molecule has 3 unspecified atom stereocenters. The highest BCUT2D eigenvalue weighted by Crippen LogP contribution is 2.39. The molecule has 1 aromatic carbocycles. The molecule has 0 bridgehead atoms. The van der Waals surface area contributed by atoms with Crippen LogP contribution in [-0.4, -0.2) is 29.3 Å². The van der Waals surface area contributed by atoms with E-state index in [2.05, 4.69) is 12.2 Å². The molecule has 3 atom stereocenters. The maximum absolute atomic E-state index is 11.2. The van der Waals surface area contributed by atoms with Crippen LogP contribution >= 0.6 is 0 Å². The third-order valence-electron chi connectivity index (χ3n) is 4.87. The van der Waals surface area contributed by atoms with E-state index in [0.717, 1.165) is 24.8 Å². The van der Waals surface area contributed by atoms with Gasteiger partial charge in [-0.05, 0) is 38.3 Å². The summed E-state index contributed by atoms with van der Waals surface area (Å²) in [7, 11) is 0. The van der Waals surface area contributed by atoms with E-state index in [9.17, 15) is 15.2 Å². The summed E-state index contributed by atoms with van der Waals surface area (Å²) in [5, 5.41) is 24.4. The number of hydrogen-bond acceptors (Lipinski definition) is 5. The summed E-state index contributed by atoms with van der Waals surface area (Å²) in [6.45, 7) is 6.43. The molecule has 0 heterocycles. The van der Waals surface area contributed by atoms with Gasteiger partial charge in [-0.25, -0.2) is 0 Å². The fourth-order valence-electron chi connectivity index (χ4n) is 3.33. The van der Waals surface area contributed by atoms with Crippen molar-refractivity contribution in [3.8, 4) is 5.75 Å². The average molecular weight is 322 g/mol. The number of nitro benzene ring substituents is 1. The quantitative estimate of drug-likeness (QED) is 0.595. The number of ether oxygens (including phenoxy) is 1. The molecule has 6 nitrogen and oxygen atoms in total. The van der Waals surface area contributed by atoms with Crippen molar-refractivity contribution in [1.82, 2.24) is 5.32 Å². The third-order valence-corrected chi connectivity index (χ3v) is 4.87. The Morgan fingerprint density at radius 2 is 2.30 bits per heavy atom. The van der Waals surface area contributed by atoms with Crippen molar-refractivity contribution in [3.05, 3.63) is 33.9 Å². The predicted molar refractivity (Wildman–Crippen MR) is 88.6 cm³/mol. The second-order valence-corrected chi connectivity index (χ2v) is 6.56. The second-order valence-electron chi connectivity index (χ2n) is 6.56. The van der Waals surface area contributed by atoms with Gasteiger partial charge in [0, 0.05) is 30.2 Å². The Kier molecular flexibility index (Phi) is 5.59. The Bertz CT molecular complexity index is 564. The molecule has 2 rings (SSSR count). The molecule has 1 saturated carbocycles. The van der Waals surface area contributed by atoms with Crippen molar-refractivity contribution in [3.63, 3.8) is 0 Å². The van der Waals surface area contributed by atoms with Crippen LogP contribution in [0.25, 0.3) is 0 Å². The first-order valence-corrected chi connectivity index (χ1v) is 8.19. The summed E-state index contributed by atoms with van der Waals surface area (Å²) < 4.78 is 5.32. The number of nitrogens with one attached hydrogen (secondary N) is 1. The van der Waals surface area contributed by atoms with E-state index >= 15 is 0 Å². The number of benzene rings is 1. The Labute approximate surface area is 137 Å². The van der Waals surface area contributed by atoms with E-state index in [-0.39, 0.29) is 29.8 Å². The number of hydrogen-bond donors (Lipinski definition) is 2. The molecule has 1 aliphatic carbocycles. The predicted octanol–water partition coefficient (Wildman–Crippen LogP) is 3.20. The molecular formula is C17H26N2O4. The number of rotatable bonds is 7. The van der Waals surface area contributed by atoms with Gasteiger partial charge < -0.3 is 15.2 Å². The Morgan fingerprint density at radius 3 is 2.91 bits per heavy atom. The minimum atomic E-state index is -0.408. The van der Waals surface area contributed by atoms with Crippen molar-refractivity contribution >= 4 is 5.69 Å². The fourth-order valence-corrected chi connectivity index (χ4v) is 3.33. The molecule has 0 radical (unpaired) electrons. The molecule has 0 aliphatic heterocycles. The largest absolute Gasteiger partial charge is 0.487 e. The first-order chi connectivity index (χ1) is 10.9. The summed E-state index contributed by atoms with van der Waals surface area (Å²) in [6.07, 6.45) is 3.10. The van der Waals surface area contributed by atoms with E-state index < -0.39 is 4.92 Å². The molecule has 128 valence electrons. The average Bonchev–Trinajstić information content (AvgIpc) is 2.89. The van der Waals surface area contributed by atoms with Gasteiger partial charge in [0.1, 0.15) is 0 Å². The zero-order valence-electron chi connectivity index (χ0n) is 14.0. The Morgan fingerprint density at radius 1 is 1.57 bits per heavy atom. The molecule has 0 amide bonds.